The van der Waals surface area contributed by atoms with Gasteiger partial charge in [-0.2, -0.15) is 0 Å². The molecular formula is C15H22N6O. The van der Waals surface area contributed by atoms with Crippen molar-refractivity contribution in [2.24, 2.45) is 0 Å². The summed E-state index contributed by atoms with van der Waals surface area (Å²) >= 11 is 0. The molecule has 1 atom stereocenters. The minimum absolute atomic E-state index is 0.00519. The van der Waals surface area contributed by atoms with Crippen LogP contribution >= 0.6 is 0 Å². The van der Waals surface area contributed by atoms with E-state index in [9.17, 15) is 4.79 Å². The number of H-pyrrole nitrogens is 1. The lowest BCUT2D eigenvalue weighted by molar-refractivity contribution is -0.123. The van der Waals surface area contributed by atoms with Gasteiger partial charge in [0.15, 0.2) is 0 Å². The van der Waals surface area contributed by atoms with Gasteiger partial charge in [-0.25, -0.2) is 9.97 Å². The zero-order valence-corrected chi connectivity index (χ0v) is 12.8. The Morgan fingerprint density at radius 2 is 2.41 bits per heavy atom. The van der Waals surface area contributed by atoms with Crippen molar-refractivity contribution in [3.8, 4) is 0 Å². The van der Waals surface area contributed by atoms with Gasteiger partial charge >= 0.3 is 0 Å². The molecular weight excluding hydrogens is 280 g/mol. The van der Waals surface area contributed by atoms with Crippen molar-refractivity contribution in [1.29, 1.82) is 0 Å². The minimum Gasteiger partial charge on any atom is -0.354 e. The quantitative estimate of drug-likeness (QED) is 0.681. The van der Waals surface area contributed by atoms with E-state index in [1.807, 2.05) is 12.4 Å². The molecule has 0 aromatic carbocycles. The van der Waals surface area contributed by atoms with E-state index in [1.165, 1.54) is 0 Å². The Hall–Kier alpha value is -2.15. The number of carbonyl (C=O) groups excluding carboxylic acids is 1. The van der Waals surface area contributed by atoms with Gasteiger partial charge in [0.05, 0.1) is 12.0 Å². The lowest BCUT2D eigenvalue weighted by atomic mass is 10.1. The van der Waals surface area contributed by atoms with Crippen LogP contribution in [0.1, 0.15) is 36.6 Å². The first-order valence-electron chi connectivity index (χ1n) is 7.83. The van der Waals surface area contributed by atoms with Crippen molar-refractivity contribution < 1.29 is 4.79 Å². The molecule has 2 aromatic rings. The molecule has 7 nitrogen and oxygen atoms in total. The molecule has 0 fully saturated rings. The first-order chi connectivity index (χ1) is 10.8. The first kappa shape index (κ1) is 14.8. The maximum absolute atomic E-state index is 12.3. The highest BCUT2D eigenvalue weighted by Crippen LogP contribution is 2.18. The number of aromatic nitrogens is 4. The normalized spacial score (nSPS) is 17.2. The molecule has 0 saturated heterocycles. The van der Waals surface area contributed by atoms with Gasteiger partial charge in [0.25, 0.3) is 0 Å². The molecule has 0 spiro atoms. The Labute approximate surface area is 129 Å². The second-order valence-corrected chi connectivity index (χ2v) is 5.44. The predicted octanol–water partition coefficient (Wildman–Crippen LogP) is 0.562. The third kappa shape index (κ3) is 3.04. The van der Waals surface area contributed by atoms with E-state index in [2.05, 4.69) is 37.1 Å². The molecule has 3 heterocycles. The van der Waals surface area contributed by atoms with Crippen LogP contribution in [0.5, 0.6) is 0 Å². The van der Waals surface area contributed by atoms with Crippen LogP contribution < -0.4 is 10.6 Å². The lowest BCUT2D eigenvalue weighted by Crippen LogP contribution is -2.42. The number of amides is 1. The van der Waals surface area contributed by atoms with Crippen LogP contribution in [0.15, 0.2) is 18.7 Å². The van der Waals surface area contributed by atoms with Crippen LogP contribution in [0.3, 0.4) is 0 Å². The van der Waals surface area contributed by atoms with Gasteiger partial charge in [-0.05, 0) is 6.42 Å². The molecule has 0 radical (unpaired) electrons. The number of fused-ring (bicyclic) bond motifs is 1. The monoisotopic (exact) mass is 302 g/mol. The summed E-state index contributed by atoms with van der Waals surface area (Å²) in [5.41, 5.74) is 1.89. The Morgan fingerprint density at radius 1 is 1.50 bits per heavy atom. The Morgan fingerprint density at radius 3 is 3.27 bits per heavy atom. The fourth-order valence-corrected chi connectivity index (χ4v) is 2.86. The summed E-state index contributed by atoms with van der Waals surface area (Å²) in [5.74, 6) is 1.08. The van der Waals surface area contributed by atoms with Gasteiger partial charge in [0.2, 0.25) is 5.91 Å². The summed E-state index contributed by atoms with van der Waals surface area (Å²) in [7, 11) is 0. The summed E-state index contributed by atoms with van der Waals surface area (Å²) in [5, 5.41) is 6.22. The lowest BCUT2D eigenvalue weighted by Gasteiger charge is -2.22. The molecule has 2 aromatic heterocycles. The molecule has 1 aliphatic rings. The minimum atomic E-state index is -0.338. The molecule has 3 N–H and O–H groups in total. The van der Waals surface area contributed by atoms with Crippen LogP contribution in [-0.2, 0) is 24.2 Å². The van der Waals surface area contributed by atoms with Crippen molar-refractivity contribution in [2.75, 3.05) is 13.1 Å². The fraction of sp³-hybridized carbons (Fsp3) is 0.533. The third-order valence-corrected chi connectivity index (χ3v) is 4.00. The average molecular weight is 302 g/mol. The summed E-state index contributed by atoms with van der Waals surface area (Å²) in [4.78, 5) is 24.0. The summed E-state index contributed by atoms with van der Waals surface area (Å²) < 4.78 is 2.14. The van der Waals surface area contributed by atoms with Crippen LogP contribution in [0.4, 0.5) is 0 Å². The Bertz CT molecular complexity index is 632. The van der Waals surface area contributed by atoms with Gasteiger partial charge in [0.1, 0.15) is 11.9 Å². The number of rotatable bonds is 6. The van der Waals surface area contributed by atoms with Crippen LogP contribution in [0.2, 0.25) is 0 Å². The van der Waals surface area contributed by atoms with Crippen molar-refractivity contribution in [2.45, 2.75) is 38.8 Å². The van der Waals surface area contributed by atoms with Gasteiger partial charge in [-0.1, -0.05) is 6.92 Å². The zero-order chi connectivity index (χ0) is 15.4. The number of imidazole rings is 2. The van der Waals surface area contributed by atoms with E-state index in [-0.39, 0.29) is 11.9 Å². The SMILES string of the molecule is CCc1nccn1CCCNC(=O)[C@H]1NCCc2[nH]cnc21. The summed E-state index contributed by atoms with van der Waals surface area (Å²) in [6, 6.07) is -0.338. The van der Waals surface area contributed by atoms with E-state index in [0.717, 1.165) is 49.6 Å². The van der Waals surface area contributed by atoms with Crippen molar-refractivity contribution in [1.82, 2.24) is 30.2 Å². The largest absolute Gasteiger partial charge is 0.354 e. The molecule has 0 saturated carbocycles. The van der Waals surface area contributed by atoms with Crippen LogP contribution in [0.25, 0.3) is 0 Å². The van der Waals surface area contributed by atoms with Crippen molar-refractivity contribution in [3.05, 3.63) is 35.9 Å². The van der Waals surface area contributed by atoms with E-state index in [4.69, 9.17) is 0 Å². The molecule has 1 amide bonds. The molecule has 3 rings (SSSR count). The average Bonchev–Trinajstić information content (AvgIpc) is 3.19. The number of hydrogen-bond donors (Lipinski definition) is 3. The zero-order valence-electron chi connectivity index (χ0n) is 12.8. The summed E-state index contributed by atoms with van der Waals surface area (Å²) in [6.07, 6.45) is 8.16. The smallest absolute Gasteiger partial charge is 0.243 e. The highest BCUT2D eigenvalue weighted by atomic mass is 16.2. The third-order valence-electron chi connectivity index (χ3n) is 4.00. The highest BCUT2D eigenvalue weighted by Gasteiger charge is 2.27. The second kappa shape index (κ2) is 6.74. The predicted molar refractivity (Wildman–Crippen MR) is 82.3 cm³/mol. The molecule has 7 heteroatoms. The van der Waals surface area contributed by atoms with Gasteiger partial charge in [0, 0.05) is 50.6 Å². The molecule has 0 bridgehead atoms. The maximum Gasteiger partial charge on any atom is 0.243 e. The topological polar surface area (TPSA) is 87.6 Å². The van der Waals surface area contributed by atoms with E-state index in [0.29, 0.717) is 6.54 Å². The highest BCUT2D eigenvalue weighted by molar-refractivity contribution is 5.83. The Kier molecular flexibility index (Phi) is 4.53. The van der Waals surface area contributed by atoms with E-state index in [1.54, 1.807) is 6.33 Å². The second-order valence-electron chi connectivity index (χ2n) is 5.44. The fourth-order valence-electron chi connectivity index (χ4n) is 2.86. The van der Waals surface area contributed by atoms with Crippen molar-refractivity contribution >= 4 is 5.91 Å². The number of carbonyl (C=O) groups is 1. The number of aryl methyl sites for hydroxylation is 2. The number of aromatic amines is 1. The molecule has 0 unspecified atom stereocenters. The number of nitrogens with zero attached hydrogens (tertiary/aromatic N) is 3. The Balaban J connectivity index is 1.48. The summed E-state index contributed by atoms with van der Waals surface area (Å²) in [6.45, 7) is 4.41. The van der Waals surface area contributed by atoms with E-state index < -0.39 is 0 Å². The standard InChI is InChI=1S/C15H22N6O/c1-2-12-16-7-9-21(12)8-3-5-18-15(22)14-13-11(4-6-17-14)19-10-20-13/h7,9-10,14,17H,2-6,8H2,1H3,(H,18,22)(H,19,20)/t14-/m0/s1. The van der Waals surface area contributed by atoms with E-state index >= 15 is 0 Å². The molecule has 118 valence electrons. The molecule has 1 aliphatic heterocycles. The first-order valence-corrected chi connectivity index (χ1v) is 7.83. The van der Waals surface area contributed by atoms with Gasteiger partial charge in [-0.15, -0.1) is 0 Å². The molecule has 0 aliphatic carbocycles. The number of nitrogens with one attached hydrogen (secondary N) is 3. The molecule has 22 heavy (non-hydrogen) atoms. The maximum atomic E-state index is 12.3. The van der Waals surface area contributed by atoms with Crippen LogP contribution in [0, 0.1) is 0 Å². The van der Waals surface area contributed by atoms with Crippen LogP contribution in [-0.4, -0.2) is 38.5 Å². The van der Waals surface area contributed by atoms with Crippen molar-refractivity contribution in [3.63, 3.8) is 0 Å². The van der Waals surface area contributed by atoms with Gasteiger partial charge < -0.3 is 20.2 Å². The number of hydrogen-bond acceptors (Lipinski definition) is 4. The van der Waals surface area contributed by atoms with Gasteiger partial charge in [-0.3, -0.25) is 4.79 Å².